The Morgan fingerprint density at radius 2 is 1.58 bits per heavy atom. The molecule has 38 heavy (non-hydrogen) atoms. The summed E-state index contributed by atoms with van der Waals surface area (Å²) in [4.78, 5) is 13.3. The molecular weight excluding hydrogens is 480 g/mol. The minimum absolute atomic E-state index is 0.521. The summed E-state index contributed by atoms with van der Waals surface area (Å²) in [5, 5.41) is 14.2. The molecule has 0 bridgehead atoms. The van der Waals surface area contributed by atoms with Gasteiger partial charge in [0, 0.05) is 40.9 Å². The van der Waals surface area contributed by atoms with Crippen molar-refractivity contribution in [2.75, 3.05) is 19.5 Å². The smallest absolute Gasteiger partial charge is 0.213 e. The average Bonchev–Trinajstić information content (AvgIpc) is 2.98. The van der Waals surface area contributed by atoms with Crippen molar-refractivity contribution in [3.8, 4) is 34.5 Å². The van der Waals surface area contributed by atoms with Gasteiger partial charge < -0.3 is 19.5 Å². The summed E-state index contributed by atoms with van der Waals surface area (Å²) in [6.07, 6.45) is 3.33. The highest BCUT2D eigenvalue weighted by molar-refractivity contribution is 6.00. The number of hydrogen-bond acceptors (Lipinski definition) is 9. The summed E-state index contributed by atoms with van der Waals surface area (Å²) in [6.45, 7) is 0. The lowest BCUT2D eigenvalue weighted by molar-refractivity contribution is 0.398. The van der Waals surface area contributed by atoms with Gasteiger partial charge in [0.1, 0.15) is 22.7 Å². The zero-order valence-corrected chi connectivity index (χ0v) is 20.6. The summed E-state index contributed by atoms with van der Waals surface area (Å²) in [5.41, 5.74) is 3.56. The number of nitrogens with one attached hydrogen (secondary N) is 1. The van der Waals surface area contributed by atoms with Crippen LogP contribution in [0.3, 0.4) is 0 Å². The molecule has 1 N–H and O–H groups in total. The van der Waals surface area contributed by atoms with E-state index in [1.807, 2.05) is 66.7 Å². The molecule has 0 fully saturated rings. The highest BCUT2D eigenvalue weighted by Gasteiger charge is 2.13. The molecule has 4 heterocycles. The van der Waals surface area contributed by atoms with Gasteiger partial charge in [-0.25, -0.2) is 9.97 Å². The fraction of sp³-hybridized carbons (Fsp3) is 0.0690. The lowest BCUT2D eigenvalue weighted by atomic mass is 10.1. The number of ether oxygens (including phenoxy) is 3. The number of hydrogen-bond donors (Lipinski definition) is 1. The maximum atomic E-state index is 6.11. The Kier molecular flexibility index (Phi) is 6.07. The van der Waals surface area contributed by atoms with Gasteiger partial charge in [-0.3, -0.25) is 4.98 Å². The molecule has 0 unspecified atom stereocenters. The monoisotopic (exact) mass is 502 g/mol. The number of benzene rings is 2. The van der Waals surface area contributed by atoms with Gasteiger partial charge in [-0.15, -0.1) is 10.2 Å². The molecule has 0 amide bonds. The van der Waals surface area contributed by atoms with Crippen LogP contribution in [0.4, 0.5) is 11.5 Å². The second kappa shape index (κ2) is 9.98. The summed E-state index contributed by atoms with van der Waals surface area (Å²) in [6, 6.07) is 24.7. The van der Waals surface area contributed by atoms with Crippen LogP contribution >= 0.6 is 0 Å². The van der Waals surface area contributed by atoms with Crippen LogP contribution in [-0.4, -0.2) is 39.4 Å². The van der Waals surface area contributed by atoms with Crippen molar-refractivity contribution in [1.82, 2.24) is 25.1 Å². The summed E-state index contributed by atoms with van der Waals surface area (Å²) < 4.78 is 16.6. The number of nitrogens with zero attached hydrogens (tertiary/aromatic N) is 5. The van der Waals surface area contributed by atoms with Crippen molar-refractivity contribution in [1.29, 1.82) is 0 Å². The number of aromatic nitrogens is 5. The normalized spacial score (nSPS) is 10.9. The third-order valence-corrected chi connectivity index (χ3v) is 5.96. The van der Waals surface area contributed by atoms with Crippen LogP contribution in [0.1, 0.15) is 0 Å². The van der Waals surface area contributed by atoms with E-state index in [1.165, 1.54) is 0 Å². The van der Waals surface area contributed by atoms with Gasteiger partial charge in [0.2, 0.25) is 5.88 Å². The molecule has 9 heteroatoms. The van der Waals surface area contributed by atoms with Gasteiger partial charge in [-0.05, 0) is 30.3 Å². The number of methoxy groups -OCH3 is 2. The summed E-state index contributed by atoms with van der Waals surface area (Å²) >= 11 is 0. The fourth-order valence-electron chi connectivity index (χ4n) is 4.10. The first-order chi connectivity index (χ1) is 18.7. The standard InChI is InChI=1S/C29H22N6O3/c1-36-20-16-24-28(31-17-20)25(14-15-30-24)38-19-12-10-18(11-13-19)32-29-22-7-4-3-6-21(22)27(34-35-29)23-8-5-9-26(33-23)37-2/h3-17H,1-2H3,(H,32,35). The molecule has 0 saturated carbocycles. The fourth-order valence-corrected chi connectivity index (χ4v) is 4.10. The van der Waals surface area contributed by atoms with Gasteiger partial charge in [0.25, 0.3) is 0 Å². The molecule has 186 valence electrons. The van der Waals surface area contributed by atoms with Gasteiger partial charge in [0.15, 0.2) is 11.6 Å². The quantitative estimate of drug-likeness (QED) is 0.274. The third-order valence-electron chi connectivity index (χ3n) is 5.96. The third kappa shape index (κ3) is 4.48. The highest BCUT2D eigenvalue weighted by atomic mass is 16.5. The van der Waals surface area contributed by atoms with Crippen molar-refractivity contribution >= 4 is 33.3 Å². The summed E-state index contributed by atoms with van der Waals surface area (Å²) in [5.74, 6) is 3.07. The summed E-state index contributed by atoms with van der Waals surface area (Å²) in [7, 11) is 3.19. The Bertz CT molecular complexity index is 1760. The maximum absolute atomic E-state index is 6.11. The van der Waals surface area contributed by atoms with E-state index in [1.54, 1.807) is 38.7 Å². The van der Waals surface area contributed by atoms with Gasteiger partial charge in [-0.1, -0.05) is 30.3 Å². The van der Waals surface area contributed by atoms with Gasteiger partial charge in [-0.2, -0.15) is 0 Å². The van der Waals surface area contributed by atoms with E-state index in [9.17, 15) is 0 Å². The largest absolute Gasteiger partial charge is 0.495 e. The Balaban J connectivity index is 1.26. The molecule has 0 aliphatic carbocycles. The van der Waals surface area contributed by atoms with Crippen molar-refractivity contribution in [2.45, 2.75) is 0 Å². The van der Waals surface area contributed by atoms with E-state index < -0.39 is 0 Å². The van der Waals surface area contributed by atoms with Crippen molar-refractivity contribution in [3.63, 3.8) is 0 Å². The average molecular weight is 503 g/mol. The predicted octanol–water partition coefficient (Wildman–Crippen LogP) is 6.19. The van der Waals surface area contributed by atoms with E-state index >= 15 is 0 Å². The number of fused-ring (bicyclic) bond motifs is 2. The molecule has 0 aliphatic heterocycles. The minimum atomic E-state index is 0.521. The number of pyridine rings is 3. The zero-order valence-electron chi connectivity index (χ0n) is 20.6. The molecule has 6 aromatic rings. The van der Waals surface area contributed by atoms with E-state index in [0.717, 1.165) is 16.5 Å². The Hall–Kier alpha value is -5.31. The topological polar surface area (TPSA) is 104 Å². The van der Waals surface area contributed by atoms with Crippen LogP contribution in [-0.2, 0) is 0 Å². The van der Waals surface area contributed by atoms with Crippen LogP contribution < -0.4 is 19.5 Å². The molecule has 9 nitrogen and oxygen atoms in total. The van der Waals surface area contributed by atoms with E-state index in [4.69, 9.17) is 14.2 Å². The first-order valence-electron chi connectivity index (χ1n) is 11.8. The van der Waals surface area contributed by atoms with Gasteiger partial charge in [0.05, 0.1) is 31.6 Å². The first-order valence-corrected chi connectivity index (χ1v) is 11.8. The second-order valence-electron chi connectivity index (χ2n) is 8.31. The first kappa shape index (κ1) is 23.1. The second-order valence-corrected chi connectivity index (χ2v) is 8.31. The van der Waals surface area contributed by atoms with Crippen LogP contribution in [0.15, 0.2) is 91.3 Å². The minimum Gasteiger partial charge on any atom is -0.495 e. The number of rotatable bonds is 7. The van der Waals surface area contributed by atoms with Gasteiger partial charge >= 0.3 is 0 Å². The lowest BCUT2D eigenvalue weighted by Gasteiger charge is -2.12. The Morgan fingerprint density at radius 3 is 2.39 bits per heavy atom. The highest BCUT2D eigenvalue weighted by Crippen LogP contribution is 2.33. The van der Waals surface area contributed by atoms with Crippen LogP contribution in [0, 0.1) is 0 Å². The van der Waals surface area contributed by atoms with Crippen LogP contribution in [0.25, 0.3) is 33.2 Å². The molecule has 0 aliphatic rings. The zero-order chi connectivity index (χ0) is 25.9. The molecular formula is C29H22N6O3. The SMILES string of the molecule is COc1cnc2c(Oc3ccc(Nc4nnc(-c5cccc(OC)n5)c5ccccc45)cc3)ccnc2c1. The van der Waals surface area contributed by atoms with E-state index in [0.29, 0.717) is 51.4 Å². The predicted molar refractivity (Wildman–Crippen MR) is 145 cm³/mol. The molecule has 0 spiro atoms. The molecule has 6 rings (SSSR count). The Labute approximate surface area is 218 Å². The van der Waals surface area contributed by atoms with Crippen LogP contribution in [0.5, 0.6) is 23.1 Å². The molecule has 0 saturated heterocycles. The molecule has 2 aromatic carbocycles. The van der Waals surface area contributed by atoms with Crippen LogP contribution in [0.2, 0.25) is 0 Å². The van der Waals surface area contributed by atoms with Crippen molar-refractivity contribution in [2.24, 2.45) is 0 Å². The van der Waals surface area contributed by atoms with Crippen molar-refractivity contribution < 1.29 is 14.2 Å². The Morgan fingerprint density at radius 1 is 0.737 bits per heavy atom. The molecule has 0 atom stereocenters. The van der Waals surface area contributed by atoms with E-state index in [-0.39, 0.29) is 0 Å². The number of anilines is 2. The molecule has 4 aromatic heterocycles. The van der Waals surface area contributed by atoms with E-state index in [2.05, 4.69) is 30.5 Å². The maximum Gasteiger partial charge on any atom is 0.213 e. The molecule has 0 radical (unpaired) electrons. The van der Waals surface area contributed by atoms with Crippen molar-refractivity contribution in [3.05, 3.63) is 91.3 Å². The lowest BCUT2D eigenvalue weighted by Crippen LogP contribution is -2.00.